The van der Waals surface area contributed by atoms with Crippen molar-refractivity contribution in [2.24, 2.45) is 5.41 Å². The number of aromatic nitrogens is 2. The molecule has 0 saturated carbocycles. The summed E-state index contributed by atoms with van der Waals surface area (Å²) in [6, 6.07) is 0. The molecule has 0 spiro atoms. The van der Waals surface area contributed by atoms with Gasteiger partial charge >= 0.3 is 5.97 Å². The van der Waals surface area contributed by atoms with Gasteiger partial charge in [0.1, 0.15) is 0 Å². The summed E-state index contributed by atoms with van der Waals surface area (Å²) >= 11 is 0. The summed E-state index contributed by atoms with van der Waals surface area (Å²) < 4.78 is 5.03. The first-order valence-corrected chi connectivity index (χ1v) is 8.04. The van der Waals surface area contributed by atoms with Crippen LogP contribution in [-0.2, 0) is 9.53 Å². The summed E-state index contributed by atoms with van der Waals surface area (Å²) in [5, 5.41) is 12.5. The van der Waals surface area contributed by atoms with Crippen molar-refractivity contribution in [1.29, 1.82) is 0 Å². The average molecular weight is 336 g/mol. The molecule has 2 heterocycles. The van der Waals surface area contributed by atoms with Crippen LogP contribution in [0.5, 0.6) is 0 Å². The highest BCUT2D eigenvalue weighted by atomic mass is 16.5. The van der Waals surface area contributed by atoms with Gasteiger partial charge in [-0.05, 0) is 25.7 Å². The van der Waals surface area contributed by atoms with Crippen LogP contribution in [0.15, 0.2) is 12.4 Å². The maximum atomic E-state index is 12.6. The highest BCUT2D eigenvalue weighted by Crippen LogP contribution is 2.35. The third-order valence-corrected chi connectivity index (χ3v) is 4.44. The number of anilines is 1. The Morgan fingerprint density at radius 3 is 2.71 bits per heavy atom. The Morgan fingerprint density at radius 2 is 2.12 bits per heavy atom. The van der Waals surface area contributed by atoms with Crippen molar-refractivity contribution in [3.05, 3.63) is 18.0 Å². The fourth-order valence-corrected chi connectivity index (χ4v) is 3.10. The Balaban J connectivity index is 2.11. The molecule has 1 aliphatic heterocycles. The van der Waals surface area contributed by atoms with E-state index in [1.54, 1.807) is 19.1 Å². The van der Waals surface area contributed by atoms with Gasteiger partial charge in [0, 0.05) is 46.2 Å². The molecule has 1 aromatic heterocycles. The predicted molar refractivity (Wildman–Crippen MR) is 87.9 cm³/mol. The highest BCUT2D eigenvalue weighted by molar-refractivity contribution is 5.94. The number of nitrogens with one attached hydrogen (secondary N) is 1. The number of hydrogen-bond acceptors (Lipinski definition) is 6. The number of aliphatic carboxylic acids is 1. The van der Waals surface area contributed by atoms with Gasteiger partial charge in [-0.25, -0.2) is 9.97 Å². The Kier molecular flexibility index (Phi) is 6.08. The van der Waals surface area contributed by atoms with Gasteiger partial charge in [0.25, 0.3) is 5.91 Å². The van der Waals surface area contributed by atoms with Crippen molar-refractivity contribution in [3.63, 3.8) is 0 Å². The molecule has 8 nitrogen and oxygen atoms in total. The van der Waals surface area contributed by atoms with E-state index in [4.69, 9.17) is 4.74 Å². The Labute approximate surface area is 141 Å². The van der Waals surface area contributed by atoms with Crippen LogP contribution >= 0.6 is 0 Å². The van der Waals surface area contributed by atoms with Gasteiger partial charge in [0.2, 0.25) is 5.95 Å². The average Bonchev–Trinajstić information content (AvgIpc) is 2.61. The minimum Gasteiger partial charge on any atom is -0.481 e. The Morgan fingerprint density at radius 1 is 1.42 bits per heavy atom. The molecule has 1 fully saturated rings. The predicted octanol–water partition coefficient (Wildman–Crippen LogP) is 1.25. The normalized spacial score (nSPS) is 20.7. The molecule has 24 heavy (non-hydrogen) atoms. The maximum Gasteiger partial charge on any atom is 0.311 e. The smallest absolute Gasteiger partial charge is 0.311 e. The second-order valence-corrected chi connectivity index (χ2v) is 6.06. The lowest BCUT2D eigenvalue weighted by molar-refractivity contribution is -0.152. The van der Waals surface area contributed by atoms with Gasteiger partial charge < -0.3 is 20.1 Å². The van der Waals surface area contributed by atoms with E-state index < -0.39 is 11.4 Å². The van der Waals surface area contributed by atoms with Crippen LogP contribution < -0.4 is 5.32 Å². The molecule has 1 aliphatic rings. The van der Waals surface area contributed by atoms with Crippen LogP contribution in [0.4, 0.5) is 5.95 Å². The maximum absolute atomic E-state index is 12.6. The van der Waals surface area contributed by atoms with Crippen molar-refractivity contribution >= 4 is 17.8 Å². The number of carbonyl (C=O) groups excluding carboxylic acids is 1. The number of piperidine rings is 1. The number of carboxylic acid groups (broad SMARTS) is 1. The Bertz CT molecular complexity index is 578. The number of carbonyl (C=O) groups is 2. The van der Waals surface area contributed by atoms with Gasteiger partial charge in [0.15, 0.2) is 0 Å². The molecule has 1 amide bonds. The molecule has 0 bridgehead atoms. The van der Waals surface area contributed by atoms with Crippen LogP contribution in [0.1, 0.15) is 36.0 Å². The van der Waals surface area contributed by atoms with E-state index in [1.165, 1.54) is 12.4 Å². The zero-order valence-corrected chi connectivity index (χ0v) is 14.1. The van der Waals surface area contributed by atoms with Gasteiger partial charge in [-0.3, -0.25) is 9.59 Å². The summed E-state index contributed by atoms with van der Waals surface area (Å²) in [7, 11) is 3.29. The van der Waals surface area contributed by atoms with Crippen LogP contribution in [0.25, 0.3) is 0 Å². The lowest BCUT2D eigenvalue weighted by atomic mass is 9.76. The minimum atomic E-state index is -0.905. The molecule has 1 saturated heterocycles. The SMILES string of the molecule is CNc1ncc(C(=O)N2CCCC(CCCOC)(C(=O)O)C2)cn1. The first-order valence-electron chi connectivity index (χ1n) is 8.04. The summed E-state index contributed by atoms with van der Waals surface area (Å²) in [5.74, 6) is -0.641. The van der Waals surface area contributed by atoms with E-state index in [-0.39, 0.29) is 12.5 Å². The molecule has 132 valence electrons. The summed E-state index contributed by atoms with van der Waals surface area (Å²) in [4.78, 5) is 34.2. The van der Waals surface area contributed by atoms with Gasteiger partial charge in [-0.1, -0.05) is 0 Å². The van der Waals surface area contributed by atoms with Crippen molar-refractivity contribution < 1.29 is 19.4 Å². The summed E-state index contributed by atoms with van der Waals surface area (Å²) in [6.45, 7) is 1.27. The zero-order chi connectivity index (χ0) is 17.6. The van der Waals surface area contributed by atoms with Crippen LogP contribution in [-0.4, -0.2) is 65.7 Å². The number of methoxy groups -OCH3 is 1. The van der Waals surface area contributed by atoms with Gasteiger partial charge in [-0.15, -0.1) is 0 Å². The molecule has 2 rings (SSSR count). The molecule has 0 radical (unpaired) electrons. The number of likely N-dealkylation sites (tertiary alicyclic amines) is 1. The number of ether oxygens (including phenoxy) is 1. The van der Waals surface area contributed by atoms with Crippen molar-refractivity contribution in [2.75, 3.05) is 39.2 Å². The standard InChI is InChI=1S/C16H24N4O4/c1-17-15-18-9-12(10-19-15)13(21)20-7-3-5-16(11-20,14(22)23)6-4-8-24-2/h9-10H,3-8,11H2,1-2H3,(H,22,23)(H,17,18,19). The van der Waals surface area contributed by atoms with E-state index in [0.29, 0.717) is 50.3 Å². The molecule has 1 atom stereocenters. The third kappa shape index (κ3) is 4.00. The minimum absolute atomic E-state index is 0.207. The molecule has 2 N–H and O–H groups in total. The van der Waals surface area contributed by atoms with E-state index >= 15 is 0 Å². The van der Waals surface area contributed by atoms with Crippen molar-refractivity contribution in [3.8, 4) is 0 Å². The second-order valence-electron chi connectivity index (χ2n) is 6.06. The van der Waals surface area contributed by atoms with E-state index in [0.717, 1.165) is 0 Å². The molecule has 1 aromatic rings. The molecular formula is C16H24N4O4. The zero-order valence-electron chi connectivity index (χ0n) is 14.1. The fourth-order valence-electron chi connectivity index (χ4n) is 3.10. The molecular weight excluding hydrogens is 312 g/mol. The largest absolute Gasteiger partial charge is 0.481 e. The number of rotatable bonds is 7. The monoisotopic (exact) mass is 336 g/mol. The fraction of sp³-hybridized carbons (Fsp3) is 0.625. The van der Waals surface area contributed by atoms with Crippen LogP contribution in [0.2, 0.25) is 0 Å². The van der Waals surface area contributed by atoms with E-state index in [1.807, 2.05) is 0 Å². The second kappa shape index (κ2) is 8.05. The molecule has 0 aromatic carbocycles. The summed E-state index contributed by atoms with van der Waals surface area (Å²) in [5.41, 5.74) is -0.537. The van der Waals surface area contributed by atoms with Crippen LogP contribution in [0, 0.1) is 5.41 Å². The van der Waals surface area contributed by atoms with E-state index in [2.05, 4.69) is 15.3 Å². The van der Waals surface area contributed by atoms with Crippen molar-refractivity contribution in [2.45, 2.75) is 25.7 Å². The summed E-state index contributed by atoms with van der Waals surface area (Å²) in [6.07, 6.45) is 5.32. The topological polar surface area (TPSA) is 105 Å². The number of carboxylic acids is 1. The number of amides is 1. The first kappa shape index (κ1) is 18.1. The first-order chi connectivity index (χ1) is 11.5. The van der Waals surface area contributed by atoms with E-state index in [9.17, 15) is 14.7 Å². The lowest BCUT2D eigenvalue weighted by Gasteiger charge is -2.40. The van der Waals surface area contributed by atoms with Crippen molar-refractivity contribution in [1.82, 2.24) is 14.9 Å². The lowest BCUT2D eigenvalue weighted by Crippen LogP contribution is -2.50. The van der Waals surface area contributed by atoms with Crippen LogP contribution in [0.3, 0.4) is 0 Å². The molecule has 1 unspecified atom stereocenters. The highest BCUT2D eigenvalue weighted by Gasteiger charge is 2.43. The number of hydrogen-bond donors (Lipinski definition) is 2. The molecule has 0 aliphatic carbocycles. The number of nitrogens with zero attached hydrogens (tertiary/aromatic N) is 3. The van der Waals surface area contributed by atoms with Gasteiger partial charge in [-0.2, -0.15) is 0 Å². The Hall–Kier alpha value is -2.22. The molecule has 8 heteroatoms. The quantitative estimate of drug-likeness (QED) is 0.722. The third-order valence-electron chi connectivity index (χ3n) is 4.44. The van der Waals surface area contributed by atoms with Gasteiger partial charge in [0.05, 0.1) is 11.0 Å².